The van der Waals surface area contributed by atoms with E-state index in [1.807, 2.05) is 41.8 Å². The molecule has 0 radical (unpaired) electrons. The third-order valence-corrected chi connectivity index (χ3v) is 11.6. The van der Waals surface area contributed by atoms with Crippen LogP contribution in [-0.4, -0.2) is 104 Å². The molecule has 7 rings (SSSR count). The van der Waals surface area contributed by atoms with Gasteiger partial charge in [-0.05, 0) is 61.8 Å². The van der Waals surface area contributed by atoms with Crippen LogP contribution in [0.15, 0.2) is 71.8 Å². The number of aromatic amines is 2. The van der Waals surface area contributed by atoms with Gasteiger partial charge in [0.05, 0.1) is 60.3 Å². The van der Waals surface area contributed by atoms with E-state index >= 15 is 0 Å². The number of H-pyrrole nitrogens is 2. The monoisotopic (exact) mass is 809 g/mol. The van der Waals surface area contributed by atoms with Crippen LogP contribution in [0.2, 0.25) is 0 Å². The maximum atomic E-state index is 13.9. The summed E-state index contributed by atoms with van der Waals surface area (Å²) >= 11 is 1.40. The normalized spacial score (nSPS) is 18.7. The molecule has 0 spiro atoms. The predicted molar refractivity (Wildman–Crippen MR) is 215 cm³/mol. The highest BCUT2D eigenvalue weighted by atomic mass is 32.1. The minimum absolute atomic E-state index is 0.114. The molecule has 2 aliphatic rings. The standard InChI is InChI=1S/C41H47N9O7S/c1-24(55-3)34(48-40(54)56-4)37(51)49-17-5-7-32(49)35-43-20-30(46-35)27-13-9-25(10-14-27)26-11-15-28(16-12-26)31-21-44-36(47-31)33-8-6-18-50(33)38(52)41(2,57-39(42)53)19-29-22-58-23-45-29/h9-16,20-24,32-34H,5-8,17-19H2,1-4H3,(H2,42,53)(H,43,46)(H,44,47)(H,48,54)/t24-,32+,33+,34+,41+/m1/s1. The van der Waals surface area contributed by atoms with Crippen molar-refractivity contribution in [1.29, 1.82) is 0 Å². The number of methoxy groups -OCH3 is 2. The Kier molecular flexibility index (Phi) is 11.9. The van der Waals surface area contributed by atoms with Gasteiger partial charge in [0.15, 0.2) is 5.60 Å². The second-order valence-electron chi connectivity index (χ2n) is 14.7. The number of hydrogen-bond donors (Lipinski definition) is 4. The molecule has 2 aliphatic heterocycles. The van der Waals surface area contributed by atoms with E-state index in [0.29, 0.717) is 36.9 Å². The molecule has 2 fully saturated rings. The fraction of sp³-hybridized carbons (Fsp3) is 0.390. The smallest absolute Gasteiger partial charge is 0.407 e. The molecule has 5 N–H and O–H groups in total. The molecule has 304 valence electrons. The van der Waals surface area contributed by atoms with Crippen LogP contribution in [0.4, 0.5) is 9.59 Å². The Morgan fingerprint density at radius 1 is 0.862 bits per heavy atom. The van der Waals surface area contributed by atoms with Gasteiger partial charge in [0.2, 0.25) is 5.91 Å². The molecule has 0 unspecified atom stereocenters. The Morgan fingerprint density at radius 3 is 1.90 bits per heavy atom. The lowest BCUT2D eigenvalue weighted by atomic mass is 9.97. The number of carbonyl (C=O) groups excluding carboxylic acids is 4. The predicted octanol–water partition coefficient (Wildman–Crippen LogP) is 5.77. The lowest BCUT2D eigenvalue weighted by Gasteiger charge is -2.33. The van der Waals surface area contributed by atoms with Crippen LogP contribution in [0.5, 0.6) is 0 Å². The van der Waals surface area contributed by atoms with E-state index in [-0.39, 0.29) is 30.3 Å². The SMILES string of the molecule is COC(=O)N[C@H](C(=O)N1CCC[C@H]1c1ncc(-c2ccc(-c3ccc(-c4cnc([C@@H]5CCCN5C(=O)[C@](C)(Cc5cscn5)OC(N)=O)[nH]4)cc3)cc2)[nH]1)[C@@H](C)OC. The van der Waals surface area contributed by atoms with E-state index < -0.39 is 29.9 Å². The summed E-state index contributed by atoms with van der Waals surface area (Å²) in [5.74, 6) is 0.744. The maximum Gasteiger partial charge on any atom is 0.407 e. The fourth-order valence-electron chi connectivity index (χ4n) is 7.83. The summed E-state index contributed by atoms with van der Waals surface area (Å²) in [7, 11) is 2.75. The van der Waals surface area contributed by atoms with E-state index in [0.717, 1.165) is 52.9 Å². The summed E-state index contributed by atoms with van der Waals surface area (Å²) in [6.45, 7) is 4.34. The third-order valence-electron chi connectivity index (χ3n) is 10.9. The number of aromatic nitrogens is 5. The van der Waals surface area contributed by atoms with E-state index in [2.05, 4.69) is 42.4 Å². The van der Waals surface area contributed by atoms with E-state index in [4.69, 9.17) is 19.9 Å². The van der Waals surface area contributed by atoms with Crippen molar-refractivity contribution in [3.05, 3.63) is 89.2 Å². The quantitative estimate of drug-likeness (QED) is 0.113. The first-order valence-electron chi connectivity index (χ1n) is 19.1. The minimum atomic E-state index is -1.51. The van der Waals surface area contributed by atoms with Gasteiger partial charge in [-0.3, -0.25) is 9.59 Å². The van der Waals surface area contributed by atoms with Crippen LogP contribution in [0.3, 0.4) is 0 Å². The number of alkyl carbamates (subject to hydrolysis) is 1. The Morgan fingerprint density at radius 2 is 1.40 bits per heavy atom. The summed E-state index contributed by atoms with van der Waals surface area (Å²) < 4.78 is 15.6. The number of rotatable bonds is 13. The molecular formula is C41H47N9O7S. The van der Waals surface area contributed by atoms with Gasteiger partial charge in [-0.2, -0.15) is 0 Å². The number of nitrogens with zero attached hydrogens (tertiary/aromatic N) is 5. The molecule has 2 aromatic carbocycles. The number of nitrogens with one attached hydrogen (secondary N) is 3. The van der Waals surface area contributed by atoms with Crippen molar-refractivity contribution >= 4 is 35.3 Å². The van der Waals surface area contributed by atoms with Gasteiger partial charge in [-0.15, -0.1) is 11.3 Å². The Labute approximate surface area is 339 Å². The molecular weight excluding hydrogens is 763 g/mol. The van der Waals surface area contributed by atoms with Crippen molar-refractivity contribution in [2.24, 2.45) is 5.73 Å². The molecule has 17 heteroatoms. The molecule has 0 aliphatic carbocycles. The van der Waals surface area contributed by atoms with Gasteiger partial charge >= 0.3 is 12.2 Å². The number of primary amides is 1. The number of imidazole rings is 2. The van der Waals surface area contributed by atoms with E-state index in [1.165, 1.54) is 25.6 Å². The minimum Gasteiger partial charge on any atom is -0.453 e. The van der Waals surface area contributed by atoms with Gasteiger partial charge in [0.25, 0.3) is 5.91 Å². The van der Waals surface area contributed by atoms with Gasteiger partial charge in [-0.1, -0.05) is 48.5 Å². The number of ether oxygens (including phenoxy) is 3. The van der Waals surface area contributed by atoms with Crippen molar-refractivity contribution in [2.45, 2.75) is 75.8 Å². The Hall–Kier alpha value is -6.07. The summed E-state index contributed by atoms with van der Waals surface area (Å²) in [4.78, 5) is 75.3. The highest BCUT2D eigenvalue weighted by Crippen LogP contribution is 2.36. The number of benzene rings is 2. The van der Waals surface area contributed by atoms with Crippen LogP contribution in [0.1, 0.15) is 69.0 Å². The van der Waals surface area contributed by atoms with E-state index in [9.17, 15) is 19.2 Å². The first-order valence-corrected chi connectivity index (χ1v) is 20.1. The molecule has 2 saturated heterocycles. The highest BCUT2D eigenvalue weighted by molar-refractivity contribution is 7.07. The summed E-state index contributed by atoms with van der Waals surface area (Å²) in [5.41, 5.74) is 11.8. The number of thiazole rings is 1. The lowest BCUT2D eigenvalue weighted by Crippen LogP contribution is -2.54. The number of amides is 4. The zero-order chi connectivity index (χ0) is 41.0. The molecule has 5 heterocycles. The van der Waals surface area contributed by atoms with Gasteiger partial charge in [0.1, 0.15) is 17.7 Å². The van der Waals surface area contributed by atoms with Gasteiger partial charge in [-0.25, -0.2) is 24.5 Å². The van der Waals surface area contributed by atoms with Crippen molar-refractivity contribution in [3.8, 4) is 33.6 Å². The number of carbonyl (C=O) groups is 4. The van der Waals surface area contributed by atoms with Crippen molar-refractivity contribution in [3.63, 3.8) is 0 Å². The highest BCUT2D eigenvalue weighted by Gasteiger charge is 2.45. The molecule has 5 atom stereocenters. The Bertz CT molecular complexity index is 2220. The maximum absolute atomic E-state index is 13.9. The molecule has 5 aromatic rings. The molecule has 0 bridgehead atoms. The average molecular weight is 810 g/mol. The molecule has 0 saturated carbocycles. The molecule has 4 amide bonds. The fourth-order valence-corrected chi connectivity index (χ4v) is 8.39. The summed E-state index contributed by atoms with van der Waals surface area (Å²) in [6.07, 6.45) is 4.41. The molecule has 16 nitrogen and oxygen atoms in total. The van der Waals surface area contributed by atoms with Crippen molar-refractivity contribution in [1.82, 2.24) is 40.0 Å². The van der Waals surface area contributed by atoms with Crippen LogP contribution in [-0.2, 0) is 30.2 Å². The zero-order valence-corrected chi connectivity index (χ0v) is 33.6. The zero-order valence-electron chi connectivity index (χ0n) is 32.8. The van der Waals surface area contributed by atoms with Gasteiger partial charge in [0, 0.05) is 32.0 Å². The first kappa shape index (κ1) is 40.1. The number of hydrogen-bond acceptors (Lipinski definition) is 11. The Balaban J connectivity index is 1.01. The van der Waals surface area contributed by atoms with Crippen LogP contribution >= 0.6 is 11.3 Å². The summed E-state index contributed by atoms with van der Waals surface area (Å²) in [5, 5.41) is 4.44. The van der Waals surface area contributed by atoms with Crippen molar-refractivity contribution in [2.75, 3.05) is 27.3 Å². The van der Waals surface area contributed by atoms with Gasteiger partial charge < -0.3 is 45.0 Å². The second kappa shape index (κ2) is 17.2. The number of nitrogens with two attached hydrogens (primary N) is 1. The topological polar surface area (TPSA) is 211 Å². The van der Waals surface area contributed by atoms with Crippen LogP contribution in [0.25, 0.3) is 33.6 Å². The largest absolute Gasteiger partial charge is 0.453 e. The molecule has 58 heavy (non-hydrogen) atoms. The van der Waals surface area contributed by atoms with Crippen LogP contribution < -0.4 is 11.1 Å². The second-order valence-corrected chi connectivity index (χ2v) is 15.4. The lowest BCUT2D eigenvalue weighted by molar-refractivity contribution is -0.150. The van der Waals surface area contributed by atoms with Crippen LogP contribution in [0, 0.1) is 0 Å². The van der Waals surface area contributed by atoms with Crippen molar-refractivity contribution < 1.29 is 33.4 Å². The summed E-state index contributed by atoms with van der Waals surface area (Å²) in [6, 6.07) is 14.8. The molecule has 3 aromatic heterocycles. The first-order chi connectivity index (χ1) is 28.0. The number of likely N-dealkylation sites (tertiary alicyclic amines) is 2. The average Bonchev–Trinajstić information content (AvgIpc) is 4.08. The third kappa shape index (κ3) is 8.45. The van der Waals surface area contributed by atoms with E-state index in [1.54, 1.807) is 41.6 Å².